The summed E-state index contributed by atoms with van der Waals surface area (Å²) in [7, 11) is -3.95. The van der Waals surface area contributed by atoms with Gasteiger partial charge in [-0.1, -0.05) is 25.0 Å². The normalized spacial score (nSPS) is 20.4. The van der Waals surface area contributed by atoms with Crippen molar-refractivity contribution in [2.24, 2.45) is 5.92 Å². The zero-order chi connectivity index (χ0) is 21.7. The highest BCUT2D eigenvalue weighted by Gasteiger charge is 2.35. The molecule has 166 valence electrons. The second kappa shape index (κ2) is 9.87. The third-order valence-corrected chi connectivity index (χ3v) is 7.73. The standard InChI is InChI=1S/C21H29FN2O5S/c1-16(20(25)23-12-6-2-3-7-13-23)29-21(26)17-10-14-24(15-11-17)30(27,28)19-9-5-4-8-18(19)22/h4-5,8-9,16-17H,2-3,6-7,10-15H2,1H3/t16-/m1/s1. The second-order valence-electron chi connectivity index (χ2n) is 7.93. The Hall–Kier alpha value is -2.00. The van der Waals surface area contributed by atoms with Crippen molar-refractivity contribution in [3.05, 3.63) is 30.1 Å². The van der Waals surface area contributed by atoms with Gasteiger partial charge in [0.2, 0.25) is 10.0 Å². The molecule has 2 aliphatic heterocycles. The highest BCUT2D eigenvalue weighted by atomic mass is 32.2. The molecule has 7 nitrogen and oxygen atoms in total. The molecule has 2 fully saturated rings. The fourth-order valence-corrected chi connectivity index (χ4v) is 5.53. The number of piperidine rings is 1. The molecule has 30 heavy (non-hydrogen) atoms. The van der Waals surface area contributed by atoms with E-state index in [4.69, 9.17) is 4.74 Å². The van der Waals surface area contributed by atoms with Crippen molar-refractivity contribution < 1.29 is 27.1 Å². The Kier molecular flexibility index (Phi) is 7.46. The van der Waals surface area contributed by atoms with Crippen LogP contribution >= 0.6 is 0 Å². The maximum absolute atomic E-state index is 13.9. The first-order chi connectivity index (χ1) is 14.3. The van der Waals surface area contributed by atoms with Crippen molar-refractivity contribution in [1.29, 1.82) is 0 Å². The lowest BCUT2D eigenvalue weighted by Gasteiger charge is -2.31. The van der Waals surface area contributed by atoms with Crippen molar-refractivity contribution in [2.75, 3.05) is 26.2 Å². The summed E-state index contributed by atoms with van der Waals surface area (Å²) in [6, 6.07) is 5.26. The maximum Gasteiger partial charge on any atom is 0.309 e. The highest BCUT2D eigenvalue weighted by Crippen LogP contribution is 2.26. The molecule has 2 aliphatic rings. The maximum atomic E-state index is 13.9. The molecule has 0 spiro atoms. The summed E-state index contributed by atoms with van der Waals surface area (Å²) in [4.78, 5) is 26.5. The Morgan fingerprint density at radius 1 is 1.03 bits per heavy atom. The van der Waals surface area contributed by atoms with Gasteiger partial charge in [0, 0.05) is 26.2 Å². The minimum atomic E-state index is -3.95. The lowest BCUT2D eigenvalue weighted by molar-refractivity contribution is -0.163. The van der Waals surface area contributed by atoms with E-state index < -0.39 is 33.8 Å². The van der Waals surface area contributed by atoms with Gasteiger partial charge in [-0.05, 0) is 44.7 Å². The molecule has 0 bridgehead atoms. The number of likely N-dealkylation sites (tertiary alicyclic amines) is 1. The molecule has 0 saturated carbocycles. The van der Waals surface area contributed by atoms with Crippen LogP contribution in [0.4, 0.5) is 4.39 Å². The van der Waals surface area contributed by atoms with Crippen molar-refractivity contribution in [2.45, 2.75) is 56.4 Å². The molecule has 2 saturated heterocycles. The topological polar surface area (TPSA) is 84.0 Å². The molecule has 0 aromatic heterocycles. The summed E-state index contributed by atoms with van der Waals surface area (Å²) in [6.07, 6.45) is 3.83. The number of sulfonamides is 1. The molecule has 0 radical (unpaired) electrons. The van der Waals surface area contributed by atoms with E-state index in [1.54, 1.807) is 11.8 Å². The number of amides is 1. The SMILES string of the molecule is C[C@@H](OC(=O)C1CCN(S(=O)(=O)c2ccccc2F)CC1)C(=O)N1CCCCCC1. The van der Waals surface area contributed by atoms with Crippen LogP contribution in [0, 0.1) is 11.7 Å². The Morgan fingerprint density at radius 2 is 1.63 bits per heavy atom. The number of hydrogen-bond acceptors (Lipinski definition) is 5. The van der Waals surface area contributed by atoms with Crippen molar-refractivity contribution in [3.63, 3.8) is 0 Å². The molecule has 3 rings (SSSR count). The molecule has 0 unspecified atom stereocenters. The summed E-state index contributed by atoms with van der Waals surface area (Å²) in [6.45, 7) is 3.17. The number of nitrogens with zero attached hydrogens (tertiary/aromatic N) is 2. The summed E-state index contributed by atoms with van der Waals surface area (Å²) >= 11 is 0. The molecule has 2 heterocycles. The number of carbonyl (C=O) groups is 2. The van der Waals surface area contributed by atoms with Crippen LogP contribution in [0.3, 0.4) is 0 Å². The lowest BCUT2D eigenvalue weighted by Crippen LogP contribution is -2.43. The van der Waals surface area contributed by atoms with Gasteiger partial charge in [0.1, 0.15) is 10.7 Å². The predicted octanol–water partition coefficient (Wildman–Crippen LogP) is 2.56. The van der Waals surface area contributed by atoms with E-state index in [1.807, 2.05) is 0 Å². The number of halogens is 1. The Balaban J connectivity index is 1.53. The third kappa shape index (κ3) is 5.18. The first-order valence-electron chi connectivity index (χ1n) is 10.5. The average Bonchev–Trinajstić information content (AvgIpc) is 3.03. The molecular formula is C21H29FN2O5S. The van der Waals surface area contributed by atoms with Crippen LogP contribution in [-0.4, -0.2) is 61.8 Å². The van der Waals surface area contributed by atoms with E-state index in [9.17, 15) is 22.4 Å². The number of carbonyl (C=O) groups excluding carboxylic acids is 2. The van der Waals surface area contributed by atoms with E-state index >= 15 is 0 Å². The first kappa shape index (κ1) is 22.7. The van der Waals surface area contributed by atoms with Gasteiger partial charge in [0.15, 0.2) is 6.10 Å². The predicted molar refractivity (Wildman–Crippen MR) is 108 cm³/mol. The molecule has 0 N–H and O–H groups in total. The Bertz CT molecular complexity index is 860. The minimum absolute atomic E-state index is 0.102. The van der Waals surface area contributed by atoms with Gasteiger partial charge in [-0.15, -0.1) is 0 Å². The smallest absolute Gasteiger partial charge is 0.309 e. The van der Waals surface area contributed by atoms with Crippen LogP contribution in [0.1, 0.15) is 45.4 Å². The van der Waals surface area contributed by atoms with Gasteiger partial charge in [-0.25, -0.2) is 12.8 Å². The van der Waals surface area contributed by atoms with Crippen molar-refractivity contribution in [1.82, 2.24) is 9.21 Å². The van der Waals surface area contributed by atoms with E-state index in [0.717, 1.165) is 31.7 Å². The Morgan fingerprint density at radius 3 is 2.23 bits per heavy atom. The first-order valence-corrected chi connectivity index (χ1v) is 12.0. The van der Waals surface area contributed by atoms with Crippen LogP contribution in [0.15, 0.2) is 29.2 Å². The number of rotatable bonds is 5. The lowest BCUT2D eigenvalue weighted by atomic mass is 9.98. The molecule has 1 atom stereocenters. The van der Waals surface area contributed by atoms with E-state index in [-0.39, 0.29) is 36.7 Å². The van der Waals surface area contributed by atoms with Gasteiger partial charge in [-0.2, -0.15) is 4.31 Å². The van der Waals surface area contributed by atoms with Crippen molar-refractivity contribution >= 4 is 21.9 Å². The average molecular weight is 441 g/mol. The van der Waals surface area contributed by atoms with Gasteiger partial charge >= 0.3 is 5.97 Å². The second-order valence-corrected chi connectivity index (χ2v) is 9.83. The molecular weight excluding hydrogens is 411 g/mol. The molecule has 1 aromatic rings. The number of esters is 1. The minimum Gasteiger partial charge on any atom is -0.452 e. The largest absolute Gasteiger partial charge is 0.452 e. The van der Waals surface area contributed by atoms with Crippen LogP contribution in [0.2, 0.25) is 0 Å². The van der Waals surface area contributed by atoms with Crippen LogP contribution < -0.4 is 0 Å². The number of hydrogen-bond donors (Lipinski definition) is 0. The van der Waals surface area contributed by atoms with E-state index in [0.29, 0.717) is 13.1 Å². The fourth-order valence-electron chi connectivity index (χ4n) is 3.99. The summed E-state index contributed by atoms with van der Waals surface area (Å²) in [5.41, 5.74) is 0. The van der Waals surface area contributed by atoms with Gasteiger partial charge in [0.25, 0.3) is 5.91 Å². The van der Waals surface area contributed by atoms with Gasteiger partial charge < -0.3 is 9.64 Å². The zero-order valence-corrected chi connectivity index (χ0v) is 18.1. The number of ether oxygens (including phenoxy) is 1. The monoisotopic (exact) mass is 440 g/mol. The van der Waals surface area contributed by atoms with Crippen LogP contribution in [0.25, 0.3) is 0 Å². The van der Waals surface area contributed by atoms with Gasteiger partial charge in [-0.3, -0.25) is 9.59 Å². The Labute approximate surface area is 177 Å². The third-order valence-electron chi connectivity index (χ3n) is 5.80. The fraction of sp³-hybridized carbons (Fsp3) is 0.619. The van der Waals surface area contributed by atoms with Crippen LogP contribution in [0.5, 0.6) is 0 Å². The summed E-state index contributed by atoms with van der Waals surface area (Å²) in [5.74, 6) is -1.92. The highest BCUT2D eigenvalue weighted by molar-refractivity contribution is 7.89. The quantitative estimate of drug-likeness (QED) is 0.657. The van der Waals surface area contributed by atoms with Crippen LogP contribution in [-0.2, 0) is 24.3 Å². The molecule has 1 aromatic carbocycles. The molecule has 0 aliphatic carbocycles. The van der Waals surface area contributed by atoms with Crippen molar-refractivity contribution in [3.8, 4) is 0 Å². The zero-order valence-electron chi connectivity index (χ0n) is 17.3. The van der Waals surface area contributed by atoms with E-state index in [1.165, 1.54) is 22.5 Å². The summed E-state index contributed by atoms with van der Waals surface area (Å²) < 4.78 is 45.9. The molecule has 1 amide bonds. The van der Waals surface area contributed by atoms with Gasteiger partial charge in [0.05, 0.1) is 5.92 Å². The van der Waals surface area contributed by atoms with E-state index in [2.05, 4.69) is 0 Å². The number of benzene rings is 1. The summed E-state index contributed by atoms with van der Waals surface area (Å²) in [5, 5.41) is 0. The molecule has 9 heteroatoms.